The summed E-state index contributed by atoms with van der Waals surface area (Å²) >= 11 is 0. The number of ether oxygens (including phenoxy) is 1. The molecule has 0 aliphatic carbocycles. The number of esters is 1. The third-order valence-electron chi connectivity index (χ3n) is 3.65. The molecule has 1 atom stereocenters. The summed E-state index contributed by atoms with van der Waals surface area (Å²) in [7, 11) is 0. The molecule has 0 aliphatic rings. The van der Waals surface area contributed by atoms with E-state index in [1.165, 1.54) is 52.0 Å². The van der Waals surface area contributed by atoms with Crippen molar-refractivity contribution in [3.8, 4) is 0 Å². The summed E-state index contributed by atoms with van der Waals surface area (Å²) in [5.41, 5.74) is -2.05. The van der Waals surface area contributed by atoms with Crippen LogP contribution in [0.15, 0.2) is 36.9 Å². The van der Waals surface area contributed by atoms with Crippen molar-refractivity contribution in [1.82, 2.24) is 5.32 Å². The Labute approximate surface area is 152 Å². The number of ketones is 1. The maximum Gasteiger partial charge on any atom is 0.331 e. The Morgan fingerprint density at radius 1 is 1.19 bits per heavy atom. The van der Waals surface area contributed by atoms with Crippen LogP contribution in [-0.2, 0) is 14.3 Å². The molecule has 1 amide bonds. The van der Waals surface area contributed by atoms with Gasteiger partial charge in [0, 0.05) is 5.56 Å². The SMILES string of the molecule is C=CC(=O)NC(C)(C)C(=O)OC(CO)c1ccc(C(=O)C(C)(C)O)cc1. The molecule has 0 spiro atoms. The monoisotopic (exact) mass is 363 g/mol. The number of hydrogen-bond acceptors (Lipinski definition) is 6. The second-order valence-corrected chi connectivity index (χ2v) is 6.91. The average molecular weight is 363 g/mol. The van der Waals surface area contributed by atoms with Crippen LogP contribution in [0.5, 0.6) is 0 Å². The molecule has 0 saturated carbocycles. The van der Waals surface area contributed by atoms with Gasteiger partial charge in [0.1, 0.15) is 17.2 Å². The standard InChI is InChI=1S/C19H25NO6/c1-6-15(22)20-18(2,3)17(24)26-14(11-21)12-7-9-13(10-8-12)16(23)19(4,5)25/h6-10,14,21,25H,1,11H2,2-5H3,(H,20,22). The maximum atomic E-state index is 12.3. The van der Waals surface area contributed by atoms with Crippen molar-refractivity contribution >= 4 is 17.7 Å². The smallest absolute Gasteiger partial charge is 0.331 e. The lowest BCUT2D eigenvalue weighted by atomic mass is 9.95. The van der Waals surface area contributed by atoms with Crippen LogP contribution in [0, 0.1) is 0 Å². The summed E-state index contributed by atoms with van der Waals surface area (Å²) in [6.07, 6.45) is 0.0745. The fourth-order valence-electron chi connectivity index (χ4n) is 2.10. The van der Waals surface area contributed by atoms with E-state index in [0.717, 1.165) is 6.08 Å². The van der Waals surface area contributed by atoms with Crippen LogP contribution in [0.3, 0.4) is 0 Å². The van der Waals surface area contributed by atoms with Crippen molar-refractivity contribution in [1.29, 1.82) is 0 Å². The van der Waals surface area contributed by atoms with Gasteiger partial charge < -0.3 is 20.3 Å². The van der Waals surface area contributed by atoms with Gasteiger partial charge in [0.25, 0.3) is 0 Å². The van der Waals surface area contributed by atoms with Crippen LogP contribution in [0.4, 0.5) is 0 Å². The number of carbonyl (C=O) groups is 3. The zero-order chi connectivity index (χ0) is 20.1. The number of Topliss-reactive ketones (excluding diaryl/α,β-unsaturated/α-hetero) is 1. The summed E-state index contributed by atoms with van der Waals surface area (Å²) < 4.78 is 5.29. The quantitative estimate of drug-likeness (QED) is 0.364. The number of nitrogens with one attached hydrogen (secondary N) is 1. The molecule has 1 unspecified atom stereocenters. The van der Waals surface area contributed by atoms with Gasteiger partial charge in [-0.05, 0) is 39.3 Å². The molecule has 0 aliphatic heterocycles. The predicted octanol–water partition coefficient (Wildman–Crippen LogP) is 1.30. The zero-order valence-electron chi connectivity index (χ0n) is 15.4. The molecule has 142 valence electrons. The van der Waals surface area contributed by atoms with Gasteiger partial charge in [-0.15, -0.1) is 0 Å². The van der Waals surface area contributed by atoms with Crippen molar-refractivity contribution in [3.05, 3.63) is 48.0 Å². The second kappa shape index (κ2) is 8.25. The first-order chi connectivity index (χ1) is 11.9. The van der Waals surface area contributed by atoms with Gasteiger partial charge in [-0.3, -0.25) is 9.59 Å². The molecular formula is C19H25NO6. The van der Waals surface area contributed by atoms with E-state index < -0.39 is 41.5 Å². The van der Waals surface area contributed by atoms with Crippen molar-refractivity contribution in [2.24, 2.45) is 0 Å². The van der Waals surface area contributed by atoms with Crippen LogP contribution in [0.25, 0.3) is 0 Å². The van der Waals surface area contributed by atoms with Gasteiger partial charge in [0.2, 0.25) is 5.91 Å². The maximum absolute atomic E-state index is 12.3. The van der Waals surface area contributed by atoms with Crippen LogP contribution in [0.2, 0.25) is 0 Å². The van der Waals surface area contributed by atoms with E-state index in [9.17, 15) is 24.6 Å². The van der Waals surface area contributed by atoms with Gasteiger partial charge in [0.15, 0.2) is 5.78 Å². The van der Waals surface area contributed by atoms with E-state index in [1.807, 2.05) is 0 Å². The molecule has 0 radical (unpaired) electrons. The highest BCUT2D eigenvalue weighted by atomic mass is 16.6. The zero-order valence-corrected chi connectivity index (χ0v) is 15.4. The number of aliphatic hydroxyl groups excluding tert-OH is 1. The third-order valence-corrected chi connectivity index (χ3v) is 3.65. The lowest BCUT2D eigenvalue weighted by molar-refractivity contribution is -0.159. The lowest BCUT2D eigenvalue weighted by Gasteiger charge is -2.26. The van der Waals surface area contributed by atoms with Crippen LogP contribution < -0.4 is 5.32 Å². The molecule has 0 fully saturated rings. The Balaban J connectivity index is 2.92. The molecule has 26 heavy (non-hydrogen) atoms. The Bertz CT molecular complexity index is 685. The third kappa shape index (κ3) is 5.50. The minimum atomic E-state index is -1.50. The number of benzene rings is 1. The number of amides is 1. The fraction of sp³-hybridized carbons (Fsp3) is 0.421. The van der Waals surface area contributed by atoms with Crippen molar-refractivity contribution in [2.45, 2.75) is 44.9 Å². The summed E-state index contributed by atoms with van der Waals surface area (Å²) in [5, 5.41) is 21.7. The minimum absolute atomic E-state index is 0.294. The normalized spacial score (nSPS) is 12.8. The van der Waals surface area contributed by atoms with Crippen LogP contribution >= 0.6 is 0 Å². The highest BCUT2D eigenvalue weighted by Crippen LogP contribution is 2.22. The molecule has 0 aromatic heterocycles. The summed E-state index contributed by atoms with van der Waals surface area (Å²) in [6.45, 7) is 8.56. The number of hydrogen-bond donors (Lipinski definition) is 3. The van der Waals surface area contributed by atoms with Crippen LogP contribution in [0.1, 0.15) is 49.7 Å². The second-order valence-electron chi connectivity index (χ2n) is 6.91. The van der Waals surface area contributed by atoms with Crippen molar-refractivity contribution in [3.63, 3.8) is 0 Å². The van der Waals surface area contributed by atoms with E-state index in [0.29, 0.717) is 11.1 Å². The van der Waals surface area contributed by atoms with E-state index in [1.54, 1.807) is 0 Å². The molecule has 1 aromatic carbocycles. The molecule has 0 bridgehead atoms. The van der Waals surface area contributed by atoms with E-state index >= 15 is 0 Å². The van der Waals surface area contributed by atoms with Gasteiger partial charge >= 0.3 is 5.97 Å². The average Bonchev–Trinajstić information content (AvgIpc) is 2.57. The van der Waals surface area contributed by atoms with E-state index in [-0.39, 0.29) is 0 Å². The highest BCUT2D eigenvalue weighted by molar-refractivity contribution is 6.01. The molecule has 0 saturated heterocycles. The molecular weight excluding hydrogens is 338 g/mol. The Kier molecular flexibility index (Phi) is 6.83. The number of carbonyl (C=O) groups excluding carboxylic acids is 3. The Morgan fingerprint density at radius 2 is 1.73 bits per heavy atom. The predicted molar refractivity (Wildman–Crippen MR) is 95.4 cm³/mol. The number of rotatable bonds is 8. The van der Waals surface area contributed by atoms with Crippen molar-refractivity contribution in [2.75, 3.05) is 6.61 Å². The Morgan fingerprint density at radius 3 is 2.15 bits per heavy atom. The Hall–Kier alpha value is -2.51. The van der Waals surface area contributed by atoms with Crippen LogP contribution in [-0.4, -0.2) is 45.6 Å². The summed E-state index contributed by atoms with van der Waals surface area (Å²) in [5.74, 6) is -1.71. The van der Waals surface area contributed by atoms with E-state index in [2.05, 4.69) is 11.9 Å². The molecule has 1 rings (SSSR count). The van der Waals surface area contributed by atoms with Gasteiger partial charge in [-0.2, -0.15) is 0 Å². The topological polar surface area (TPSA) is 113 Å². The molecule has 7 nitrogen and oxygen atoms in total. The first-order valence-corrected chi connectivity index (χ1v) is 8.06. The largest absolute Gasteiger partial charge is 0.453 e. The molecule has 1 aromatic rings. The first kappa shape index (κ1) is 21.5. The minimum Gasteiger partial charge on any atom is -0.453 e. The van der Waals surface area contributed by atoms with E-state index in [4.69, 9.17) is 4.74 Å². The first-order valence-electron chi connectivity index (χ1n) is 8.06. The fourth-order valence-corrected chi connectivity index (χ4v) is 2.10. The van der Waals surface area contributed by atoms with Gasteiger partial charge in [0.05, 0.1) is 6.61 Å². The molecule has 7 heteroatoms. The van der Waals surface area contributed by atoms with Gasteiger partial charge in [-0.25, -0.2) is 4.79 Å². The number of aliphatic hydroxyl groups is 2. The molecule has 0 heterocycles. The summed E-state index contributed by atoms with van der Waals surface area (Å²) in [6, 6.07) is 6.03. The molecule has 3 N–H and O–H groups in total. The lowest BCUT2D eigenvalue weighted by Crippen LogP contribution is -2.50. The van der Waals surface area contributed by atoms with Gasteiger partial charge in [-0.1, -0.05) is 30.8 Å². The highest BCUT2D eigenvalue weighted by Gasteiger charge is 2.33. The van der Waals surface area contributed by atoms with Crippen molar-refractivity contribution < 1.29 is 29.3 Å². The summed E-state index contributed by atoms with van der Waals surface area (Å²) in [4.78, 5) is 35.7.